The predicted molar refractivity (Wildman–Crippen MR) is 82.0 cm³/mol. The Kier molecular flexibility index (Phi) is 4.30. The Morgan fingerprint density at radius 1 is 1.18 bits per heavy atom. The number of hydrogen-bond acceptors (Lipinski definition) is 4. The van der Waals surface area contributed by atoms with Crippen molar-refractivity contribution < 1.29 is 14.3 Å². The third-order valence-corrected chi connectivity index (χ3v) is 2.85. The molecule has 116 valence electrons. The first kappa shape index (κ1) is 15.8. The van der Waals surface area contributed by atoms with Crippen molar-refractivity contribution >= 4 is 11.9 Å². The monoisotopic (exact) mass is 301 g/mol. The number of aryl methyl sites for hydroxylation is 1. The maximum absolute atomic E-state index is 12.3. The summed E-state index contributed by atoms with van der Waals surface area (Å²) in [5.74, 6) is 0.244. The minimum atomic E-state index is -0.529. The number of carbonyl (C=O) groups is 2. The Labute approximate surface area is 129 Å². The van der Waals surface area contributed by atoms with Crippen molar-refractivity contribution in [3.8, 4) is 5.75 Å². The van der Waals surface area contributed by atoms with Crippen LogP contribution in [-0.4, -0.2) is 27.0 Å². The normalized spacial score (nSPS) is 11.1. The van der Waals surface area contributed by atoms with Crippen molar-refractivity contribution in [3.05, 3.63) is 48.0 Å². The Balaban J connectivity index is 2.06. The fourth-order valence-electron chi connectivity index (χ4n) is 1.84. The summed E-state index contributed by atoms with van der Waals surface area (Å²) in [5, 5.41) is 2.70. The Hall–Kier alpha value is -2.63. The minimum Gasteiger partial charge on any atom is -0.410 e. The number of aromatic nitrogens is 2. The molecule has 2 aromatic rings. The van der Waals surface area contributed by atoms with Crippen molar-refractivity contribution in [2.45, 2.75) is 26.3 Å². The highest BCUT2D eigenvalue weighted by Crippen LogP contribution is 2.15. The summed E-state index contributed by atoms with van der Waals surface area (Å²) in [4.78, 5) is 27.9. The summed E-state index contributed by atoms with van der Waals surface area (Å²) in [5.41, 5.74) is 0.637. The van der Waals surface area contributed by atoms with Gasteiger partial charge in [0, 0.05) is 18.2 Å². The zero-order chi connectivity index (χ0) is 16.3. The Bertz CT molecular complexity index is 681. The lowest BCUT2D eigenvalue weighted by atomic mass is 10.1. The molecule has 0 unspecified atom stereocenters. The van der Waals surface area contributed by atoms with Crippen LogP contribution in [0.3, 0.4) is 0 Å². The Morgan fingerprint density at radius 3 is 2.32 bits per heavy atom. The van der Waals surface area contributed by atoms with Crippen LogP contribution in [0.1, 0.15) is 36.8 Å². The molecule has 0 aliphatic carbocycles. The minimum absolute atomic E-state index is 0.134. The van der Waals surface area contributed by atoms with Crippen molar-refractivity contribution in [2.24, 2.45) is 7.05 Å². The van der Waals surface area contributed by atoms with Crippen molar-refractivity contribution in [3.63, 3.8) is 0 Å². The van der Waals surface area contributed by atoms with Gasteiger partial charge in [0.2, 0.25) is 5.78 Å². The van der Waals surface area contributed by atoms with E-state index in [2.05, 4.69) is 10.3 Å². The van der Waals surface area contributed by atoms with Crippen molar-refractivity contribution in [1.82, 2.24) is 14.9 Å². The number of nitrogens with zero attached hydrogens (tertiary/aromatic N) is 2. The van der Waals surface area contributed by atoms with Gasteiger partial charge in [-0.25, -0.2) is 9.78 Å². The summed E-state index contributed by atoms with van der Waals surface area (Å²) in [6, 6.07) is 6.42. The second kappa shape index (κ2) is 6.01. The van der Waals surface area contributed by atoms with E-state index in [-0.39, 0.29) is 11.3 Å². The third kappa shape index (κ3) is 3.94. The molecular weight excluding hydrogens is 282 g/mol. The van der Waals surface area contributed by atoms with Crippen LogP contribution in [0.2, 0.25) is 0 Å². The fraction of sp³-hybridized carbons (Fsp3) is 0.312. The molecule has 6 heteroatoms. The van der Waals surface area contributed by atoms with E-state index in [0.717, 1.165) is 0 Å². The van der Waals surface area contributed by atoms with Gasteiger partial charge in [0.1, 0.15) is 11.4 Å². The van der Waals surface area contributed by atoms with Gasteiger partial charge in [0.25, 0.3) is 0 Å². The number of benzene rings is 1. The van der Waals surface area contributed by atoms with Gasteiger partial charge in [-0.3, -0.25) is 4.79 Å². The Morgan fingerprint density at radius 2 is 1.82 bits per heavy atom. The second-order valence-corrected chi connectivity index (χ2v) is 6.01. The number of nitrogens with one attached hydrogen (secondary N) is 1. The van der Waals surface area contributed by atoms with Crippen LogP contribution in [0, 0.1) is 0 Å². The summed E-state index contributed by atoms with van der Waals surface area (Å²) in [6.07, 6.45) is 2.56. The lowest BCUT2D eigenvalue weighted by molar-refractivity contribution is 0.103. The molecular formula is C16H19N3O3. The van der Waals surface area contributed by atoms with E-state index >= 15 is 0 Å². The molecule has 1 amide bonds. The SMILES string of the molecule is Cn1cncc1C(=O)c1ccc(OC(=O)NC(C)(C)C)cc1. The average molecular weight is 301 g/mol. The van der Waals surface area contributed by atoms with Gasteiger partial charge in [-0.05, 0) is 45.0 Å². The predicted octanol–water partition coefficient (Wildman–Crippen LogP) is 2.54. The van der Waals surface area contributed by atoms with Crippen LogP contribution < -0.4 is 10.1 Å². The second-order valence-electron chi connectivity index (χ2n) is 6.01. The van der Waals surface area contributed by atoms with E-state index in [1.54, 1.807) is 42.2 Å². The molecule has 1 heterocycles. The molecule has 1 N–H and O–H groups in total. The first-order valence-corrected chi connectivity index (χ1v) is 6.87. The van der Waals surface area contributed by atoms with Crippen molar-refractivity contribution in [1.29, 1.82) is 0 Å². The first-order valence-electron chi connectivity index (χ1n) is 6.87. The van der Waals surface area contributed by atoms with Gasteiger partial charge in [0.15, 0.2) is 0 Å². The summed E-state index contributed by atoms with van der Waals surface area (Å²) in [7, 11) is 1.76. The topological polar surface area (TPSA) is 73.2 Å². The van der Waals surface area contributed by atoms with E-state index in [1.165, 1.54) is 6.20 Å². The zero-order valence-corrected chi connectivity index (χ0v) is 13.1. The van der Waals surface area contributed by atoms with Gasteiger partial charge in [0.05, 0.1) is 12.5 Å². The molecule has 0 atom stereocenters. The van der Waals surface area contributed by atoms with Gasteiger partial charge in [-0.15, -0.1) is 0 Å². The number of imidazole rings is 1. The molecule has 0 spiro atoms. The molecule has 1 aromatic carbocycles. The van der Waals surface area contributed by atoms with Gasteiger partial charge in [-0.1, -0.05) is 0 Å². The number of ketones is 1. The molecule has 6 nitrogen and oxygen atoms in total. The molecule has 0 aliphatic rings. The zero-order valence-electron chi connectivity index (χ0n) is 13.1. The highest BCUT2D eigenvalue weighted by molar-refractivity contribution is 6.07. The van der Waals surface area contributed by atoms with Crippen LogP contribution in [0.4, 0.5) is 4.79 Å². The number of ether oxygens (including phenoxy) is 1. The van der Waals surface area contributed by atoms with Crippen LogP contribution in [0.15, 0.2) is 36.8 Å². The standard InChI is InChI=1S/C16H19N3O3/c1-16(2,3)18-15(21)22-12-7-5-11(6-8-12)14(20)13-9-17-10-19(13)4/h5-10H,1-4H3,(H,18,21). The van der Waals surface area contributed by atoms with Crippen LogP contribution in [0.5, 0.6) is 5.75 Å². The molecule has 0 saturated heterocycles. The molecule has 0 radical (unpaired) electrons. The molecule has 22 heavy (non-hydrogen) atoms. The molecule has 0 saturated carbocycles. The van der Waals surface area contributed by atoms with E-state index in [9.17, 15) is 9.59 Å². The van der Waals surface area contributed by atoms with Gasteiger partial charge < -0.3 is 14.6 Å². The quantitative estimate of drug-likeness (QED) is 0.884. The third-order valence-electron chi connectivity index (χ3n) is 2.85. The smallest absolute Gasteiger partial charge is 0.410 e. The van der Waals surface area contributed by atoms with E-state index in [1.807, 2.05) is 20.8 Å². The lowest BCUT2D eigenvalue weighted by Gasteiger charge is -2.19. The van der Waals surface area contributed by atoms with Gasteiger partial charge in [-0.2, -0.15) is 0 Å². The molecule has 0 aliphatic heterocycles. The largest absolute Gasteiger partial charge is 0.413 e. The van der Waals surface area contributed by atoms with Crippen LogP contribution >= 0.6 is 0 Å². The highest BCUT2D eigenvalue weighted by Gasteiger charge is 2.16. The number of carbonyl (C=O) groups excluding carboxylic acids is 2. The number of amides is 1. The van der Waals surface area contributed by atoms with Crippen molar-refractivity contribution in [2.75, 3.05) is 0 Å². The summed E-state index contributed by atoms with van der Waals surface area (Å²) < 4.78 is 6.82. The van der Waals surface area contributed by atoms with E-state index < -0.39 is 6.09 Å². The first-order chi connectivity index (χ1) is 10.3. The molecule has 1 aromatic heterocycles. The maximum Gasteiger partial charge on any atom is 0.413 e. The highest BCUT2D eigenvalue weighted by atomic mass is 16.6. The van der Waals surface area contributed by atoms with Crippen LogP contribution in [-0.2, 0) is 7.05 Å². The number of hydrogen-bond donors (Lipinski definition) is 1. The molecule has 0 fully saturated rings. The van der Waals surface area contributed by atoms with E-state index in [0.29, 0.717) is 17.0 Å². The molecule has 0 bridgehead atoms. The maximum atomic E-state index is 12.3. The average Bonchev–Trinajstić information content (AvgIpc) is 2.83. The fourth-order valence-corrected chi connectivity index (χ4v) is 1.84. The summed E-state index contributed by atoms with van der Waals surface area (Å²) in [6.45, 7) is 5.60. The van der Waals surface area contributed by atoms with Crippen LogP contribution in [0.25, 0.3) is 0 Å². The summed E-state index contributed by atoms with van der Waals surface area (Å²) >= 11 is 0. The number of rotatable bonds is 3. The lowest BCUT2D eigenvalue weighted by Crippen LogP contribution is -2.42. The molecule has 2 rings (SSSR count). The van der Waals surface area contributed by atoms with Gasteiger partial charge >= 0.3 is 6.09 Å². The van der Waals surface area contributed by atoms with E-state index in [4.69, 9.17) is 4.74 Å².